The lowest BCUT2D eigenvalue weighted by Gasteiger charge is -2.12. The Bertz CT molecular complexity index is 629. The molecule has 0 saturated heterocycles. The van der Waals surface area contributed by atoms with E-state index < -0.39 is 0 Å². The van der Waals surface area contributed by atoms with Gasteiger partial charge in [-0.05, 0) is 26.2 Å². The van der Waals surface area contributed by atoms with Crippen LogP contribution in [-0.2, 0) is 13.0 Å². The fourth-order valence-corrected chi connectivity index (χ4v) is 3.61. The van der Waals surface area contributed by atoms with Crippen molar-refractivity contribution in [1.29, 1.82) is 0 Å². The van der Waals surface area contributed by atoms with Crippen LogP contribution in [0.15, 0.2) is 11.6 Å². The van der Waals surface area contributed by atoms with Gasteiger partial charge < -0.3 is 10.3 Å². The summed E-state index contributed by atoms with van der Waals surface area (Å²) >= 11 is 1.57. The van der Waals surface area contributed by atoms with Crippen molar-refractivity contribution in [2.24, 2.45) is 5.73 Å². The molecule has 2 heterocycles. The summed E-state index contributed by atoms with van der Waals surface area (Å²) in [6, 6.07) is 0. The molecule has 0 aliphatic carbocycles. The van der Waals surface area contributed by atoms with Crippen LogP contribution in [-0.4, -0.2) is 15.5 Å². The van der Waals surface area contributed by atoms with Gasteiger partial charge >= 0.3 is 0 Å². The molecule has 22 heavy (non-hydrogen) atoms. The van der Waals surface area contributed by atoms with E-state index in [0.29, 0.717) is 5.56 Å². The fourth-order valence-electron chi connectivity index (χ4n) is 2.90. The number of carbonyl (C=O) groups excluding carboxylic acids is 1. The third-order valence-corrected chi connectivity index (χ3v) is 4.82. The van der Waals surface area contributed by atoms with Gasteiger partial charge in [-0.15, -0.1) is 11.3 Å². The summed E-state index contributed by atoms with van der Waals surface area (Å²) in [6.45, 7) is 7.31. The van der Waals surface area contributed by atoms with E-state index in [1.807, 2.05) is 12.3 Å². The molecule has 2 aromatic rings. The van der Waals surface area contributed by atoms with Crippen LogP contribution in [0.2, 0.25) is 0 Å². The zero-order valence-corrected chi connectivity index (χ0v) is 14.5. The molecule has 2 N–H and O–H groups in total. The number of nitrogens with zero attached hydrogens (tertiary/aromatic N) is 2. The molecule has 0 atom stereocenters. The van der Waals surface area contributed by atoms with Gasteiger partial charge in [0, 0.05) is 35.1 Å². The SMILES string of the molecule is CCCCc1c(-c2nccs2)c(C(N)=O)c(C)n1CCCC. The normalized spacial score (nSPS) is 11.0. The van der Waals surface area contributed by atoms with Crippen LogP contribution >= 0.6 is 11.3 Å². The van der Waals surface area contributed by atoms with Crippen molar-refractivity contribution < 1.29 is 4.79 Å². The lowest BCUT2D eigenvalue weighted by molar-refractivity contribution is 0.1000. The Hall–Kier alpha value is -1.62. The Morgan fingerprint density at radius 1 is 1.32 bits per heavy atom. The average Bonchev–Trinajstić information content (AvgIpc) is 3.09. The fraction of sp³-hybridized carbons (Fsp3) is 0.529. The number of aromatic nitrogens is 2. The highest BCUT2D eigenvalue weighted by Gasteiger charge is 2.25. The third kappa shape index (κ3) is 3.24. The monoisotopic (exact) mass is 319 g/mol. The van der Waals surface area contributed by atoms with Crippen molar-refractivity contribution in [3.63, 3.8) is 0 Å². The summed E-state index contributed by atoms with van der Waals surface area (Å²) in [7, 11) is 0. The van der Waals surface area contributed by atoms with Gasteiger partial charge in [-0.3, -0.25) is 4.79 Å². The summed E-state index contributed by atoms with van der Waals surface area (Å²) in [4.78, 5) is 16.5. The number of hydrogen-bond donors (Lipinski definition) is 1. The molecule has 2 aromatic heterocycles. The molecular formula is C17H25N3OS. The number of amides is 1. The summed E-state index contributed by atoms with van der Waals surface area (Å²) in [5.74, 6) is -0.351. The molecule has 1 amide bonds. The topological polar surface area (TPSA) is 60.9 Å². The highest BCUT2D eigenvalue weighted by molar-refractivity contribution is 7.13. The quantitative estimate of drug-likeness (QED) is 0.794. The second-order valence-corrected chi connectivity index (χ2v) is 6.49. The first-order valence-corrected chi connectivity index (χ1v) is 8.91. The second-order valence-electron chi connectivity index (χ2n) is 5.59. The van der Waals surface area contributed by atoms with Crippen molar-refractivity contribution >= 4 is 17.2 Å². The first-order chi connectivity index (χ1) is 10.6. The smallest absolute Gasteiger partial charge is 0.251 e. The van der Waals surface area contributed by atoms with Crippen LogP contribution in [0.1, 0.15) is 61.3 Å². The number of nitrogens with two attached hydrogens (primary N) is 1. The van der Waals surface area contributed by atoms with Crippen molar-refractivity contribution in [2.45, 2.75) is 59.4 Å². The van der Waals surface area contributed by atoms with Crippen LogP contribution in [0.5, 0.6) is 0 Å². The minimum Gasteiger partial charge on any atom is -0.366 e. The number of carbonyl (C=O) groups is 1. The van der Waals surface area contributed by atoms with E-state index in [-0.39, 0.29) is 5.91 Å². The number of rotatable bonds is 8. The third-order valence-electron chi connectivity index (χ3n) is 4.03. The highest BCUT2D eigenvalue weighted by Crippen LogP contribution is 2.35. The maximum Gasteiger partial charge on any atom is 0.251 e. The Morgan fingerprint density at radius 2 is 2.05 bits per heavy atom. The van der Waals surface area contributed by atoms with Crippen LogP contribution in [0.4, 0.5) is 0 Å². The Balaban J connectivity index is 2.62. The summed E-state index contributed by atoms with van der Waals surface area (Å²) in [5, 5.41) is 2.85. The van der Waals surface area contributed by atoms with Crippen LogP contribution in [0.25, 0.3) is 10.6 Å². The molecule has 0 bridgehead atoms. The number of unbranched alkanes of at least 4 members (excludes halogenated alkanes) is 2. The predicted octanol–water partition coefficient (Wildman–Crippen LogP) is 4.16. The Kier molecular flexibility index (Phi) is 5.77. The Morgan fingerprint density at radius 3 is 2.59 bits per heavy atom. The zero-order valence-electron chi connectivity index (χ0n) is 13.7. The molecule has 0 spiro atoms. The van der Waals surface area contributed by atoms with Crippen molar-refractivity contribution in [3.05, 3.63) is 28.5 Å². The number of thiazole rings is 1. The molecule has 0 radical (unpaired) electrons. The number of primary amides is 1. The molecule has 2 rings (SSSR count). The van der Waals surface area contributed by atoms with Gasteiger partial charge in [-0.1, -0.05) is 26.7 Å². The largest absolute Gasteiger partial charge is 0.366 e. The molecule has 0 aliphatic heterocycles. The highest BCUT2D eigenvalue weighted by atomic mass is 32.1. The minimum absolute atomic E-state index is 0.351. The van der Waals surface area contributed by atoms with Gasteiger partial charge in [0.1, 0.15) is 5.01 Å². The molecule has 0 saturated carbocycles. The van der Waals surface area contributed by atoms with E-state index in [0.717, 1.165) is 54.9 Å². The average molecular weight is 319 g/mol. The van der Waals surface area contributed by atoms with E-state index in [2.05, 4.69) is 23.4 Å². The van der Waals surface area contributed by atoms with Crippen LogP contribution in [0, 0.1) is 6.92 Å². The van der Waals surface area contributed by atoms with E-state index in [1.165, 1.54) is 5.69 Å². The summed E-state index contributed by atoms with van der Waals surface area (Å²) in [5.41, 5.74) is 9.50. The van der Waals surface area contributed by atoms with E-state index in [4.69, 9.17) is 5.73 Å². The lowest BCUT2D eigenvalue weighted by Crippen LogP contribution is -2.13. The van der Waals surface area contributed by atoms with Gasteiger partial charge in [0.25, 0.3) is 5.91 Å². The first kappa shape index (κ1) is 16.7. The first-order valence-electron chi connectivity index (χ1n) is 8.03. The molecule has 4 nitrogen and oxygen atoms in total. The number of hydrogen-bond acceptors (Lipinski definition) is 3. The summed E-state index contributed by atoms with van der Waals surface area (Å²) < 4.78 is 2.29. The van der Waals surface area contributed by atoms with Crippen LogP contribution in [0.3, 0.4) is 0 Å². The van der Waals surface area contributed by atoms with Gasteiger partial charge in [-0.25, -0.2) is 4.98 Å². The van der Waals surface area contributed by atoms with E-state index >= 15 is 0 Å². The second kappa shape index (κ2) is 7.58. The minimum atomic E-state index is -0.351. The maximum absolute atomic E-state index is 12.0. The molecule has 0 unspecified atom stereocenters. The standard InChI is InChI=1S/C17H25N3OS/c1-4-6-8-13-15(17-19-9-11-22-17)14(16(18)21)12(3)20(13)10-7-5-2/h9,11H,4-8,10H2,1-3H3,(H2,18,21). The molecule has 0 aromatic carbocycles. The van der Waals surface area contributed by atoms with Gasteiger partial charge in [0.15, 0.2) is 0 Å². The van der Waals surface area contributed by atoms with Gasteiger partial charge in [-0.2, -0.15) is 0 Å². The van der Waals surface area contributed by atoms with Gasteiger partial charge in [0.2, 0.25) is 0 Å². The van der Waals surface area contributed by atoms with Crippen molar-refractivity contribution in [2.75, 3.05) is 0 Å². The van der Waals surface area contributed by atoms with Crippen LogP contribution < -0.4 is 5.73 Å². The predicted molar refractivity (Wildman–Crippen MR) is 92.3 cm³/mol. The molecular weight excluding hydrogens is 294 g/mol. The molecule has 0 fully saturated rings. The lowest BCUT2D eigenvalue weighted by atomic mass is 10.1. The van der Waals surface area contributed by atoms with Gasteiger partial charge in [0.05, 0.1) is 5.56 Å². The maximum atomic E-state index is 12.0. The zero-order chi connectivity index (χ0) is 16.1. The van der Waals surface area contributed by atoms with Crippen molar-refractivity contribution in [3.8, 4) is 10.6 Å². The molecule has 120 valence electrons. The van der Waals surface area contributed by atoms with E-state index in [1.54, 1.807) is 17.5 Å². The molecule has 0 aliphatic rings. The van der Waals surface area contributed by atoms with Crippen molar-refractivity contribution in [1.82, 2.24) is 9.55 Å². The Labute approximate surface area is 136 Å². The molecule has 5 heteroatoms. The van der Waals surface area contributed by atoms with E-state index in [9.17, 15) is 4.79 Å². The summed E-state index contributed by atoms with van der Waals surface area (Å²) in [6.07, 6.45) is 7.21.